The molecule has 5 aromatic rings. The molecule has 11 heteroatoms. The highest BCUT2D eigenvalue weighted by Gasteiger charge is 2.21. The quantitative estimate of drug-likeness (QED) is 0.252. The number of hydrogen-bond acceptors (Lipinski definition) is 6. The van der Waals surface area contributed by atoms with Crippen LogP contribution in [0.5, 0.6) is 0 Å². The molecule has 0 fully saturated rings. The maximum Gasteiger partial charge on any atom is 0.149 e. The molecule has 0 unspecified atom stereocenters. The van der Waals surface area contributed by atoms with Crippen molar-refractivity contribution in [2.45, 2.75) is 6.04 Å². The Morgan fingerprint density at radius 1 is 0.972 bits per heavy atom. The van der Waals surface area contributed by atoms with Crippen molar-refractivity contribution in [1.82, 2.24) is 20.4 Å². The number of aromatic nitrogens is 4. The van der Waals surface area contributed by atoms with Gasteiger partial charge in [0.25, 0.3) is 0 Å². The van der Waals surface area contributed by atoms with Gasteiger partial charge >= 0.3 is 0 Å². The summed E-state index contributed by atoms with van der Waals surface area (Å²) in [6.45, 7) is 0. The minimum atomic E-state index is -0.827. The van der Waals surface area contributed by atoms with E-state index in [0.717, 1.165) is 12.1 Å². The van der Waals surface area contributed by atoms with Gasteiger partial charge in [-0.1, -0.05) is 28.9 Å². The average molecular weight is 506 g/mol. The van der Waals surface area contributed by atoms with Gasteiger partial charge in [0.2, 0.25) is 0 Å². The Bertz CT molecular complexity index is 1600. The first-order valence-electron chi connectivity index (χ1n) is 10.6. The van der Waals surface area contributed by atoms with Crippen molar-refractivity contribution in [3.8, 4) is 6.07 Å². The normalized spacial score (nSPS) is 11.8. The van der Waals surface area contributed by atoms with Crippen molar-refractivity contribution in [3.63, 3.8) is 0 Å². The third-order valence-corrected chi connectivity index (χ3v) is 5.70. The molecule has 2 aromatic heterocycles. The maximum absolute atomic E-state index is 14.4. The van der Waals surface area contributed by atoms with Crippen LogP contribution >= 0.6 is 11.6 Å². The number of nitriles is 1. The van der Waals surface area contributed by atoms with Gasteiger partial charge in [0, 0.05) is 28.9 Å². The Morgan fingerprint density at radius 3 is 2.44 bits per heavy atom. The lowest BCUT2D eigenvalue weighted by Gasteiger charge is -2.21. The molecule has 0 aliphatic carbocycles. The Labute approximate surface area is 207 Å². The molecule has 1 atom stereocenters. The second-order valence-corrected chi connectivity index (χ2v) is 8.22. The summed E-state index contributed by atoms with van der Waals surface area (Å²) in [4.78, 5) is 4.43. The van der Waals surface area contributed by atoms with E-state index in [1.165, 1.54) is 24.4 Å². The zero-order valence-electron chi connectivity index (χ0n) is 18.2. The van der Waals surface area contributed by atoms with Gasteiger partial charge in [-0.2, -0.15) is 5.26 Å². The lowest BCUT2D eigenvalue weighted by Crippen LogP contribution is -2.14. The number of nitrogens with one attached hydrogen (secondary N) is 3. The fourth-order valence-corrected chi connectivity index (χ4v) is 4.03. The highest BCUT2D eigenvalue weighted by atomic mass is 35.5. The van der Waals surface area contributed by atoms with Crippen LogP contribution in [0.15, 0.2) is 67.0 Å². The number of aromatic amines is 1. The van der Waals surface area contributed by atoms with E-state index < -0.39 is 17.7 Å². The summed E-state index contributed by atoms with van der Waals surface area (Å²) in [7, 11) is 0. The van der Waals surface area contributed by atoms with Gasteiger partial charge in [-0.15, -0.1) is 5.10 Å². The summed E-state index contributed by atoms with van der Waals surface area (Å²) in [6.07, 6.45) is 2.94. The average Bonchev–Trinajstić information content (AvgIpc) is 3.39. The largest absolute Gasteiger partial charge is 0.371 e. The van der Waals surface area contributed by atoms with Gasteiger partial charge in [0.05, 0.1) is 34.2 Å². The van der Waals surface area contributed by atoms with E-state index in [1.54, 1.807) is 30.5 Å². The molecule has 0 radical (unpaired) electrons. The highest BCUT2D eigenvalue weighted by Crippen LogP contribution is 2.37. The van der Waals surface area contributed by atoms with Gasteiger partial charge < -0.3 is 10.6 Å². The topological polar surface area (TPSA) is 102 Å². The predicted octanol–water partition coefficient (Wildman–Crippen LogP) is 6.24. The first-order chi connectivity index (χ1) is 17.4. The molecule has 0 saturated heterocycles. The van der Waals surface area contributed by atoms with E-state index in [0.29, 0.717) is 32.9 Å². The summed E-state index contributed by atoms with van der Waals surface area (Å²) >= 11 is 6.44. The zero-order valence-corrected chi connectivity index (χ0v) is 19.0. The number of fused-ring (bicyclic) bond motifs is 1. The molecular formula is C25H15ClF3N7. The molecule has 36 heavy (non-hydrogen) atoms. The first-order valence-corrected chi connectivity index (χ1v) is 10.9. The Hall–Kier alpha value is -4.62. The van der Waals surface area contributed by atoms with Crippen LogP contribution in [-0.2, 0) is 0 Å². The second kappa shape index (κ2) is 9.56. The van der Waals surface area contributed by atoms with Gasteiger partial charge in [-0.3, -0.25) is 10.1 Å². The molecular weight excluding hydrogens is 491 g/mol. The molecule has 0 spiro atoms. The number of pyridine rings is 1. The van der Waals surface area contributed by atoms with Crippen molar-refractivity contribution in [2.24, 2.45) is 0 Å². The lowest BCUT2D eigenvalue weighted by atomic mass is 10.0. The Morgan fingerprint density at radius 2 is 1.75 bits per heavy atom. The van der Waals surface area contributed by atoms with E-state index >= 15 is 0 Å². The van der Waals surface area contributed by atoms with Gasteiger partial charge in [0.1, 0.15) is 29.2 Å². The van der Waals surface area contributed by atoms with Crippen LogP contribution in [0, 0.1) is 28.8 Å². The van der Waals surface area contributed by atoms with Crippen molar-refractivity contribution < 1.29 is 13.2 Å². The van der Waals surface area contributed by atoms with E-state index in [1.807, 2.05) is 6.07 Å². The SMILES string of the molecule is N#Cc1cnc2c(N[C@@H](c3ccc(F)cc3)c3c[nH]nn3)cc(Cl)cc2c1Nc1ccc(F)cc1F. The van der Waals surface area contributed by atoms with Crippen LogP contribution in [0.2, 0.25) is 5.02 Å². The molecule has 7 nitrogen and oxygen atoms in total. The number of anilines is 3. The number of rotatable bonds is 6. The van der Waals surface area contributed by atoms with Crippen molar-refractivity contribution in [2.75, 3.05) is 10.6 Å². The smallest absolute Gasteiger partial charge is 0.149 e. The number of hydrogen-bond donors (Lipinski definition) is 3. The van der Waals surface area contributed by atoms with Crippen molar-refractivity contribution in [3.05, 3.63) is 106 Å². The Kier molecular flexibility index (Phi) is 6.14. The molecule has 3 N–H and O–H groups in total. The molecule has 178 valence electrons. The molecule has 0 saturated carbocycles. The summed E-state index contributed by atoms with van der Waals surface area (Å²) < 4.78 is 41.4. The molecule has 5 rings (SSSR count). The maximum atomic E-state index is 14.4. The summed E-state index contributed by atoms with van der Waals surface area (Å²) in [5.41, 5.74) is 2.46. The van der Waals surface area contributed by atoms with E-state index in [2.05, 4.69) is 31.0 Å². The van der Waals surface area contributed by atoms with E-state index in [4.69, 9.17) is 11.6 Å². The minimum Gasteiger partial charge on any atom is -0.371 e. The molecule has 2 heterocycles. The number of halogens is 4. The Balaban J connectivity index is 1.64. The van der Waals surface area contributed by atoms with Gasteiger partial charge in [-0.25, -0.2) is 13.2 Å². The molecule has 0 aliphatic rings. The zero-order chi connectivity index (χ0) is 25.2. The van der Waals surface area contributed by atoms with E-state index in [9.17, 15) is 18.4 Å². The standard InChI is InChI=1S/C25H15ClF3N7/c26-15-7-18-23(33-20-6-5-17(28)9-19(20)29)14(10-30)11-31-25(18)21(8-15)34-24(22-12-32-36-35-22)13-1-3-16(27)4-2-13/h1-9,11-12,24,34H,(H,31,33)(H,32,35,36)/t24-/m0/s1. The summed E-state index contributed by atoms with van der Waals surface area (Å²) in [6, 6.07) is 13.7. The summed E-state index contributed by atoms with van der Waals surface area (Å²) in [5, 5.41) is 27.1. The molecule has 0 bridgehead atoms. The predicted molar refractivity (Wildman–Crippen MR) is 129 cm³/mol. The molecule has 3 aromatic carbocycles. The van der Waals surface area contributed by atoms with Crippen LogP contribution in [-0.4, -0.2) is 20.4 Å². The highest BCUT2D eigenvalue weighted by molar-refractivity contribution is 6.32. The van der Waals surface area contributed by atoms with E-state index in [-0.39, 0.29) is 22.8 Å². The van der Waals surface area contributed by atoms with Crippen molar-refractivity contribution in [1.29, 1.82) is 5.26 Å². The van der Waals surface area contributed by atoms with Crippen LogP contribution in [0.1, 0.15) is 22.9 Å². The lowest BCUT2D eigenvalue weighted by molar-refractivity contribution is 0.586. The summed E-state index contributed by atoms with van der Waals surface area (Å²) in [5.74, 6) is -1.95. The third-order valence-electron chi connectivity index (χ3n) is 5.48. The monoisotopic (exact) mass is 505 g/mol. The van der Waals surface area contributed by atoms with Crippen LogP contribution in [0.3, 0.4) is 0 Å². The van der Waals surface area contributed by atoms with Crippen LogP contribution < -0.4 is 10.6 Å². The fourth-order valence-electron chi connectivity index (χ4n) is 3.81. The number of benzene rings is 3. The molecule has 0 aliphatic heterocycles. The van der Waals surface area contributed by atoms with Crippen molar-refractivity contribution >= 4 is 39.6 Å². The first kappa shape index (κ1) is 23.1. The molecule has 0 amide bonds. The van der Waals surface area contributed by atoms with Crippen LogP contribution in [0.4, 0.5) is 30.2 Å². The number of nitrogens with zero attached hydrogens (tertiary/aromatic N) is 4. The van der Waals surface area contributed by atoms with Gasteiger partial charge in [0.15, 0.2) is 0 Å². The van der Waals surface area contributed by atoms with Gasteiger partial charge in [-0.05, 0) is 42.0 Å². The van der Waals surface area contributed by atoms with Crippen LogP contribution in [0.25, 0.3) is 10.9 Å². The fraction of sp³-hybridized carbons (Fsp3) is 0.0400. The third kappa shape index (κ3) is 4.52. The minimum absolute atomic E-state index is 0.0262. The number of H-pyrrole nitrogens is 1. The second-order valence-electron chi connectivity index (χ2n) is 7.78.